The second kappa shape index (κ2) is 6.44. The molecule has 0 unspecified atom stereocenters. The molecule has 0 bridgehead atoms. The number of hydrogen-bond acceptors (Lipinski definition) is 5. The largest absolute Gasteiger partial charge is 0.252 e. The number of fused-ring (bicyclic) bond motifs is 1. The van der Waals surface area contributed by atoms with Gasteiger partial charge in [0.1, 0.15) is 0 Å². The molecule has 0 fully saturated rings. The zero-order valence-electron chi connectivity index (χ0n) is 15.6. The molecule has 1 aromatic carbocycles. The Morgan fingerprint density at radius 1 is 1.08 bits per heavy atom. The predicted octanol–water partition coefficient (Wildman–Crippen LogP) is 2.52. The number of nitrogens with zero attached hydrogens (tertiary/aromatic N) is 4. The van der Waals surface area contributed by atoms with Gasteiger partial charge in [0.15, 0.2) is 5.82 Å². The summed E-state index contributed by atoms with van der Waals surface area (Å²) in [5.74, 6) is 0.840. The van der Waals surface area contributed by atoms with Crippen LogP contribution in [0.3, 0.4) is 0 Å². The van der Waals surface area contributed by atoms with Gasteiger partial charge in [-0.05, 0) is 43.0 Å². The number of aryl methyl sites for hydroxylation is 2. The SMILES string of the molecule is Cc1cc(C)n2nc(CNS(=O)(=O)c3ccc(C(C)(C)C)cc3)nc2n1. The van der Waals surface area contributed by atoms with Crippen molar-refractivity contribution in [1.82, 2.24) is 24.3 Å². The van der Waals surface area contributed by atoms with Gasteiger partial charge < -0.3 is 0 Å². The van der Waals surface area contributed by atoms with Crippen molar-refractivity contribution < 1.29 is 8.42 Å². The summed E-state index contributed by atoms with van der Waals surface area (Å²) in [6.45, 7) is 10.0. The van der Waals surface area contributed by atoms with Crippen LogP contribution in [0, 0.1) is 13.8 Å². The lowest BCUT2D eigenvalue weighted by molar-refractivity contribution is 0.576. The standard InChI is InChI=1S/C18H23N5O2S/c1-12-10-13(2)23-17(20-12)21-16(22-23)11-19-26(24,25)15-8-6-14(7-9-15)18(3,4)5/h6-10,19H,11H2,1-5H3. The lowest BCUT2D eigenvalue weighted by Crippen LogP contribution is -2.24. The van der Waals surface area contributed by atoms with Gasteiger partial charge in [0.2, 0.25) is 10.0 Å². The first-order chi connectivity index (χ1) is 12.1. The number of sulfonamides is 1. The molecular weight excluding hydrogens is 350 g/mol. The highest BCUT2D eigenvalue weighted by molar-refractivity contribution is 7.89. The number of aromatic nitrogens is 4. The van der Waals surface area contributed by atoms with E-state index in [1.165, 1.54) is 0 Å². The maximum atomic E-state index is 12.5. The molecule has 0 aliphatic carbocycles. The molecule has 0 saturated carbocycles. The summed E-state index contributed by atoms with van der Waals surface area (Å²) in [7, 11) is -3.64. The number of hydrogen-bond donors (Lipinski definition) is 1. The van der Waals surface area contributed by atoms with Gasteiger partial charge in [-0.25, -0.2) is 22.6 Å². The summed E-state index contributed by atoms with van der Waals surface area (Å²) in [5, 5.41) is 4.31. The van der Waals surface area contributed by atoms with Gasteiger partial charge in [-0.1, -0.05) is 32.9 Å². The van der Waals surface area contributed by atoms with Crippen molar-refractivity contribution in [3.63, 3.8) is 0 Å². The van der Waals surface area contributed by atoms with Gasteiger partial charge in [0.05, 0.1) is 11.4 Å². The van der Waals surface area contributed by atoms with Crippen molar-refractivity contribution in [2.24, 2.45) is 0 Å². The Hall–Kier alpha value is -2.32. The smallest absolute Gasteiger partial charge is 0.216 e. The van der Waals surface area contributed by atoms with Crippen molar-refractivity contribution in [1.29, 1.82) is 0 Å². The normalized spacial score (nSPS) is 12.7. The molecule has 2 heterocycles. The van der Waals surface area contributed by atoms with Gasteiger partial charge in [-0.2, -0.15) is 4.98 Å². The number of rotatable bonds is 4. The van der Waals surface area contributed by atoms with Crippen molar-refractivity contribution >= 4 is 15.8 Å². The zero-order valence-corrected chi connectivity index (χ0v) is 16.4. The van der Waals surface area contributed by atoms with Gasteiger partial charge in [-0.3, -0.25) is 0 Å². The fraction of sp³-hybridized carbons (Fsp3) is 0.389. The summed E-state index contributed by atoms with van der Waals surface area (Å²) in [6.07, 6.45) is 0. The van der Waals surface area contributed by atoms with Crippen molar-refractivity contribution in [3.8, 4) is 0 Å². The van der Waals surface area contributed by atoms with Gasteiger partial charge in [0, 0.05) is 11.4 Å². The van der Waals surface area contributed by atoms with Crippen molar-refractivity contribution in [3.05, 3.63) is 53.1 Å². The highest BCUT2D eigenvalue weighted by atomic mass is 32.2. The molecule has 0 radical (unpaired) electrons. The Labute approximate surface area is 153 Å². The minimum absolute atomic E-state index is 0.00516. The van der Waals surface area contributed by atoms with Gasteiger partial charge in [0.25, 0.3) is 5.78 Å². The fourth-order valence-corrected chi connectivity index (χ4v) is 3.64. The topological polar surface area (TPSA) is 89.2 Å². The van der Waals surface area contributed by atoms with Crippen LogP contribution in [0.1, 0.15) is 43.5 Å². The zero-order chi connectivity index (χ0) is 19.1. The van der Waals surface area contributed by atoms with E-state index in [0.717, 1.165) is 17.0 Å². The highest BCUT2D eigenvalue weighted by Crippen LogP contribution is 2.23. The van der Waals surface area contributed by atoms with Crippen molar-refractivity contribution in [2.75, 3.05) is 0 Å². The fourth-order valence-electron chi connectivity index (χ4n) is 2.66. The molecule has 7 nitrogen and oxygen atoms in total. The van der Waals surface area contributed by atoms with Crippen LogP contribution in [-0.2, 0) is 22.0 Å². The van der Waals surface area contributed by atoms with Crippen LogP contribution in [0.25, 0.3) is 5.78 Å². The molecule has 26 heavy (non-hydrogen) atoms. The molecule has 0 amide bonds. The third kappa shape index (κ3) is 3.76. The van der Waals surface area contributed by atoms with E-state index in [9.17, 15) is 8.42 Å². The van der Waals surface area contributed by atoms with Crippen LogP contribution in [0.5, 0.6) is 0 Å². The molecule has 1 N–H and O–H groups in total. The average molecular weight is 373 g/mol. The molecule has 0 aliphatic rings. The van der Waals surface area contributed by atoms with E-state index >= 15 is 0 Å². The Morgan fingerprint density at radius 2 is 1.73 bits per heavy atom. The summed E-state index contributed by atoms with van der Waals surface area (Å²) < 4.78 is 29.2. The second-order valence-corrected chi connectivity index (χ2v) is 9.14. The summed E-state index contributed by atoms with van der Waals surface area (Å²) in [6, 6.07) is 8.82. The van der Waals surface area contributed by atoms with E-state index in [1.807, 2.05) is 32.0 Å². The van der Waals surface area contributed by atoms with Crippen LogP contribution < -0.4 is 4.72 Å². The van der Waals surface area contributed by atoms with E-state index in [-0.39, 0.29) is 16.9 Å². The van der Waals surface area contributed by atoms with Crippen LogP contribution in [0.2, 0.25) is 0 Å². The van der Waals surface area contributed by atoms with Crippen LogP contribution in [0.15, 0.2) is 35.2 Å². The minimum Gasteiger partial charge on any atom is -0.216 e. The van der Waals surface area contributed by atoms with Gasteiger partial charge >= 0.3 is 0 Å². The predicted molar refractivity (Wildman–Crippen MR) is 99.4 cm³/mol. The molecule has 3 rings (SSSR count). The molecular formula is C18H23N5O2S. The number of benzene rings is 1. The van der Waals surface area contributed by atoms with Gasteiger partial charge in [-0.15, -0.1) is 5.10 Å². The summed E-state index contributed by atoms with van der Waals surface area (Å²) >= 11 is 0. The lowest BCUT2D eigenvalue weighted by atomic mass is 9.87. The maximum absolute atomic E-state index is 12.5. The first-order valence-corrected chi connectivity index (χ1v) is 9.85. The summed E-state index contributed by atoms with van der Waals surface area (Å²) in [4.78, 5) is 8.82. The summed E-state index contributed by atoms with van der Waals surface area (Å²) in [5.41, 5.74) is 2.79. The Morgan fingerprint density at radius 3 is 2.35 bits per heavy atom. The first-order valence-electron chi connectivity index (χ1n) is 8.36. The number of nitrogens with one attached hydrogen (secondary N) is 1. The Balaban J connectivity index is 1.79. The molecule has 0 aliphatic heterocycles. The van der Waals surface area contributed by atoms with Crippen LogP contribution in [0.4, 0.5) is 0 Å². The molecule has 2 aromatic heterocycles. The van der Waals surface area contributed by atoms with E-state index in [0.29, 0.717) is 11.6 Å². The third-order valence-corrected chi connectivity index (χ3v) is 5.53. The van der Waals surface area contributed by atoms with Crippen LogP contribution in [-0.4, -0.2) is 28.0 Å². The molecule has 0 spiro atoms. The van der Waals surface area contributed by atoms with E-state index < -0.39 is 10.0 Å². The van der Waals surface area contributed by atoms with Crippen LogP contribution >= 0.6 is 0 Å². The lowest BCUT2D eigenvalue weighted by Gasteiger charge is -2.19. The van der Waals surface area contributed by atoms with E-state index in [1.54, 1.807) is 16.6 Å². The Kier molecular flexibility index (Phi) is 4.58. The third-order valence-electron chi connectivity index (χ3n) is 4.11. The molecule has 8 heteroatoms. The second-order valence-electron chi connectivity index (χ2n) is 7.38. The molecule has 3 aromatic rings. The van der Waals surface area contributed by atoms with Crippen molar-refractivity contribution in [2.45, 2.75) is 51.5 Å². The Bertz CT molecular complexity index is 1050. The highest BCUT2D eigenvalue weighted by Gasteiger charge is 2.18. The monoisotopic (exact) mass is 373 g/mol. The minimum atomic E-state index is -3.64. The molecule has 138 valence electrons. The maximum Gasteiger partial charge on any atom is 0.252 e. The average Bonchev–Trinajstić information content (AvgIpc) is 2.96. The first kappa shape index (κ1) is 18.5. The van der Waals surface area contributed by atoms with E-state index in [2.05, 4.69) is 40.6 Å². The van der Waals surface area contributed by atoms with E-state index in [4.69, 9.17) is 0 Å². The molecule has 0 atom stereocenters. The molecule has 0 saturated heterocycles. The quantitative estimate of drug-likeness (QED) is 0.759.